The van der Waals surface area contributed by atoms with Gasteiger partial charge in [-0.25, -0.2) is 16.8 Å². The average molecular weight is 470 g/mol. The number of hydrogen-bond acceptors (Lipinski definition) is 7. The lowest BCUT2D eigenvalue weighted by Crippen LogP contribution is -2.32. The van der Waals surface area contributed by atoms with Crippen LogP contribution in [0.15, 0.2) is 52.3 Å². The van der Waals surface area contributed by atoms with Gasteiger partial charge < -0.3 is 4.74 Å². The van der Waals surface area contributed by atoms with Crippen LogP contribution in [-0.2, 0) is 20.0 Å². The molecule has 1 N–H and O–H groups in total. The first-order valence-corrected chi connectivity index (χ1v) is 12.5. The van der Waals surface area contributed by atoms with Crippen LogP contribution in [0, 0.1) is 10.1 Å². The second-order valence-electron chi connectivity index (χ2n) is 7.01. The van der Waals surface area contributed by atoms with Crippen molar-refractivity contribution in [3.63, 3.8) is 0 Å². The Hall–Kier alpha value is -2.70. The van der Waals surface area contributed by atoms with Crippen molar-refractivity contribution in [1.82, 2.24) is 4.31 Å². The van der Waals surface area contributed by atoms with E-state index in [9.17, 15) is 26.9 Å². The highest BCUT2D eigenvalue weighted by Crippen LogP contribution is 2.33. The molecule has 0 atom stereocenters. The summed E-state index contributed by atoms with van der Waals surface area (Å²) in [6, 6.07) is 8.76. The molecule has 0 bridgehead atoms. The summed E-state index contributed by atoms with van der Waals surface area (Å²) in [5, 5.41) is 11.2. The zero-order valence-electron chi connectivity index (χ0n) is 16.9. The SMILES string of the molecule is COc1ccc(S(=O)(=O)N2CCCCCC2)cc1NS(=O)(=O)c1ccccc1[N+](=O)[O-]. The van der Waals surface area contributed by atoms with E-state index < -0.39 is 35.6 Å². The number of benzene rings is 2. The number of rotatable bonds is 7. The fourth-order valence-corrected chi connectivity index (χ4v) is 6.17. The summed E-state index contributed by atoms with van der Waals surface area (Å²) in [4.78, 5) is 9.81. The summed E-state index contributed by atoms with van der Waals surface area (Å²) in [6.45, 7) is 0.789. The second kappa shape index (κ2) is 9.20. The molecule has 0 aromatic heterocycles. The number of anilines is 1. The third-order valence-corrected chi connectivity index (χ3v) is 8.28. The number of ether oxygens (including phenoxy) is 1. The van der Waals surface area contributed by atoms with Crippen molar-refractivity contribution in [2.75, 3.05) is 24.9 Å². The van der Waals surface area contributed by atoms with Crippen LogP contribution in [0.5, 0.6) is 5.75 Å². The molecule has 31 heavy (non-hydrogen) atoms. The molecule has 2 aromatic carbocycles. The van der Waals surface area contributed by atoms with E-state index in [0.717, 1.165) is 37.8 Å². The summed E-state index contributed by atoms with van der Waals surface area (Å²) in [5.41, 5.74) is -0.723. The Kier molecular flexibility index (Phi) is 6.82. The number of para-hydroxylation sites is 1. The van der Waals surface area contributed by atoms with Gasteiger partial charge in [0.05, 0.1) is 22.6 Å². The predicted molar refractivity (Wildman–Crippen MR) is 114 cm³/mol. The molecule has 0 spiro atoms. The zero-order chi connectivity index (χ0) is 22.6. The molecule has 3 rings (SSSR count). The highest BCUT2D eigenvalue weighted by molar-refractivity contribution is 7.93. The van der Waals surface area contributed by atoms with Crippen molar-refractivity contribution < 1.29 is 26.5 Å². The molecule has 1 saturated heterocycles. The summed E-state index contributed by atoms with van der Waals surface area (Å²) in [5.74, 6) is 0.0805. The molecule has 1 aliphatic heterocycles. The standard InChI is InChI=1S/C19H23N3O7S2/c1-29-18-11-10-15(31(27,28)21-12-6-2-3-7-13-21)14-16(18)20-30(25,26)19-9-5-4-8-17(19)22(23)24/h4-5,8-11,14,20H,2-3,6-7,12-13H2,1H3. The van der Waals surface area contributed by atoms with Crippen LogP contribution >= 0.6 is 0 Å². The van der Waals surface area contributed by atoms with E-state index in [-0.39, 0.29) is 16.3 Å². The van der Waals surface area contributed by atoms with Crippen molar-refractivity contribution >= 4 is 31.4 Å². The van der Waals surface area contributed by atoms with Gasteiger partial charge in [-0.15, -0.1) is 0 Å². The first kappa shape index (κ1) is 23.0. The van der Waals surface area contributed by atoms with Gasteiger partial charge in [0.2, 0.25) is 10.0 Å². The maximum atomic E-state index is 13.1. The van der Waals surface area contributed by atoms with E-state index in [1.165, 1.54) is 41.7 Å². The Morgan fingerprint density at radius 1 is 1.00 bits per heavy atom. The lowest BCUT2D eigenvalue weighted by atomic mass is 10.2. The van der Waals surface area contributed by atoms with Gasteiger partial charge in [0.25, 0.3) is 15.7 Å². The summed E-state index contributed by atoms with van der Waals surface area (Å²) >= 11 is 0. The monoisotopic (exact) mass is 469 g/mol. The van der Waals surface area contributed by atoms with E-state index in [0.29, 0.717) is 13.1 Å². The molecule has 168 valence electrons. The van der Waals surface area contributed by atoms with E-state index in [2.05, 4.69) is 4.72 Å². The van der Waals surface area contributed by atoms with Gasteiger partial charge >= 0.3 is 0 Å². The topological polar surface area (TPSA) is 136 Å². The highest BCUT2D eigenvalue weighted by Gasteiger charge is 2.29. The number of nitro benzene ring substituents is 1. The van der Waals surface area contributed by atoms with Crippen LogP contribution in [-0.4, -0.2) is 46.3 Å². The average Bonchev–Trinajstić information content (AvgIpc) is 3.03. The van der Waals surface area contributed by atoms with Gasteiger partial charge in [-0.2, -0.15) is 4.31 Å². The molecular weight excluding hydrogens is 446 g/mol. The van der Waals surface area contributed by atoms with Gasteiger partial charge in [-0.3, -0.25) is 14.8 Å². The first-order chi connectivity index (χ1) is 14.7. The minimum absolute atomic E-state index is 0.0805. The zero-order valence-corrected chi connectivity index (χ0v) is 18.5. The minimum atomic E-state index is -4.39. The summed E-state index contributed by atoms with van der Waals surface area (Å²) in [6.07, 6.45) is 3.42. The first-order valence-electron chi connectivity index (χ1n) is 9.61. The summed E-state index contributed by atoms with van der Waals surface area (Å²) < 4.78 is 60.7. The molecular formula is C19H23N3O7S2. The molecule has 0 aliphatic carbocycles. The molecule has 1 aliphatic rings. The third-order valence-electron chi connectivity index (χ3n) is 4.97. The Bertz CT molecular complexity index is 1170. The van der Waals surface area contributed by atoms with Crippen LogP contribution in [0.1, 0.15) is 25.7 Å². The Labute approximate surface area is 181 Å². The van der Waals surface area contributed by atoms with Gasteiger partial charge in [0, 0.05) is 19.2 Å². The molecule has 1 fully saturated rings. The molecule has 10 nitrogen and oxygen atoms in total. The maximum Gasteiger partial charge on any atom is 0.289 e. The lowest BCUT2D eigenvalue weighted by Gasteiger charge is -2.21. The van der Waals surface area contributed by atoms with Crippen LogP contribution in [0.25, 0.3) is 0 Å². The number of hydrogen-bond donors (Lipinski definition) is 1. The van der Waals surface area contributed by atoms with E-state index in [1.807, 2.05) is 0 Å². The molecule has 0 radical (unpaired) electrons. The van der Waals surface area contributed by atoms with Gasteiger partial charge in [0.15, 0.2) is 4.90 Å². The van der Waals surface area contributed by atoms with Crippen molar-refractivity contribution in [1.29, 1.82) is 0 Å². The number of nitro groups is 1. The van der Waals surface area contributed by atoms with Crippen molar-refractivity contribution in [2.24, 2.45) is 0 Å². The van der Waals surface area contributed by atoms with E-state index in [1.54, 1.807) is 0 Å². The maximum absolute atomic E-state index is 13.1. The molecule has 0 saturated carbocycles. The highest BCUT2D eigenvalue weighted by atomic mass is 32.2. The third kappa shape index (κ3) is 4.97. The number of methoxy groups -OCH3 is 1. The van der Waals surface area contributed by atoms with Crippen molar-refractivity contribution in [3.8, 4) is 5.75 Å². The Morgan fingerprint density at radius 3 is 2.26 bits per heavy atom. The van der Waals surface area contributed by atoms with Gasteiger partial charge in [-0.05, 0) is 37.1 Å². The van der Waals surface area contributed by atoms with Crippen LogP contribution in [0.4, 0.5) is 11.4 Å². The van der Waals surface area contributed by atoms with Gasteiger partial charge in [0.1, 0.15) is 5.75 Å². The van der Waals surface area contributed by atoms with Crippen molar-refractivity contribution in [2.45, 2.75) is 35.5 Å². The van der Waals surface area contributed by atoms with E-state index in [4.69, 9.17) is 4.74 Å². The molecule has 0 amide bonds. The lowest BCUT2D eigenvalue weighted by molar-refractivity contribution is -0.387. The largest absolute Gasteiger partial charge is 0.495 e. The number of sulfonamides is 2. The molecule has 0 unspecified atom stereocenters. The smallest absolute Gasteiger partial charge is 0.289 e. The van der Waals surface area contributed by atoms with E-state index >= 15 is 0 Å². The van der Waals surface area contributed by atoms with Crippen LogP contribution < -0.4 is 9.46 Å². The quantitative estimate of drug-likeness (QED) is 0.486. The second-order valence-corrected chi connectivity index (χ2v) is 10.6. The van der Waals surface area contributed by atoms with Crippen LogP contribution in [0.3, 0.4) is 0 Å². The number of nitrogens with one attached hydrogen (secondary N) is 1. The van der Waals surface area contributed by atoms with Gasteiger partial charge in [-0.1, -0.05) is 25.0 Å². The molecule has 1 heterocycles. The fraction of sp³-hybridized carbons (Fsp3) is 0.368. The van der Waals surface area contributed by atoms with Crippen molar-refractivity contribution in [3.05, 3.63) is 52.6 Å². The summed E-state index contributed by atoms with van der Waals surface area (Å²) in [7, 11) is -6.93. The Balaban J connectivity index is 2.01. The fourth-order valence-electron chi connectivity index (χ4n) is 3.39. The number of nitrogens with zero attached hydrogens (tertiary/aromatic N) is 2. The molecule has 12 heteroatoms. The normalized spacial score (nSPS) is 15.8. The minimum Gasteiger partial charge on any atom is -0.495 e. The predicted octanol–water partition coefficient (Wildman–Crippen LogP) is 2.97. The molecule has 2 aromatic rings. The van der Waals surface area contributed by atoms with Crippen LogP contribution in [0.2, 0.25) is 0 Å². The Morgan fingerprint density at radius 2 is 1.65 bits per heavy atom.